The number of carbonyl (C=O) groups is 1. The second-order valence-corrected chi connectivity index (χ2v) is 6.99. The highest BCUT2D eigenvalue weighted by atomic mass is 16.2. The molecule has 1 amide bonds. The summed E-state index contributed by atoms with van der Waals surface area (Å²) in [6.07, 6.45) is 15.7. The maximum absolute atomic E-state index is 12.6. The SMILES string of the molecule is N#CC1(NC(=O)C2CCCCCCC2)CCCCCCC1. The quantitative estimate of drug-likeness (QED) is 0.815. The average Bonchev–Trinajstić information content (AvgIpc) is 2.41. The zero-order chi connectivity index (χ0) is 15.0. The Labute approximate surface area is 129 Å². The van der Waals surface area contributed by atoms with Crippen LogP contribution in [0.1, 0.15) is 89.9 Å². The first-order valence-electron chi connectivity index (χ1n) is 8.99. The maximum atomic E-state index is 12.6. The van der Waals surface area contributed by atoms with Gasteiger partial charge in [-0.3, -0.25) is 4.79 Å². The molecule has 0 radical (unpaired) electrons. The average molecular weight is 290 g/mol. The molecular formula is C18H30N2O. The summed E-state index contributed by atoms with van der Waals surface area (Å²) >= 11 is 0. The molecule has 3 heteroatoms. The Morgan fingerprint density at radius 3 is 1.86 bits per heavy atom. The summed E-state index contributed by atoms with van der Waals surface area (Å²) in [7, 11) is 0. The maximum Gasteiger partial charge on any atom is 0.224 e. The van der Waals surface area contributed by atoms with E-state index in [2.05, 4.69) is 11.4 Å². The summed E-state index contributed by atoms with van der Waals surface area (Å²) < 4.78 is 0. The van der Waals surface area contributed by atoms with Crippen LogP contribution < -0.4 is 5.32 Å². The number of nitriles is 1. The molecule has 3 nitrogen and oxygen atoms in total. The standard InChI is InChI=1S/C18H30N2O/c19-15-18(13-9-5-2-6-10-14-18)20-17(21)16-11-7-3-1-4-8-12-16/h16H,1-14H2,(H,20,21). The molecule has 0 aliphatic heterocycles. The molecule has 0 unspecified atom stereocenters. The van der Waals surface area contributed by atoms with E-state index >= 15 is 0 Å². The van der Waals surface area contributed by atoms with E-state index in [0.29, 0.717) is 0 Å². The third-order valence-electron chi connectivity index (χ3n) is 5.26. The molecule has 0 aromatic heterocycles. The van der Waals surface area contributed by atoms with Gasteiger partial charge in [0.15, 0.2) is 0 Å². The van der Waals surface area contributed by atoms with E-state index in [-0.39, 0.29) is 11.8 Å². The fourth-order valence-corrected chi connectivity index (χ4v) is 3.83. The highest BCUT2D eigenvalue weighted by Gasteiger charge is 2.34. The molecule has 2 rings (SSSR count). The van der Waals surface area contributed by atoms with Crippen LogP contribution in [-0.2, 0) is 4.79 Å². The summed E-state index contributed by atoms with van der Waals surface area (Å²) in [6, 6.07) is 2.45. The Balaban J connectivity index is 1.95. The Bertz CT molecular complexity index is 356. The Morgan fingerprint density at radius 2 is 1.33 bits per heavy atom. The summed E-state index contributed by atoms with van der Waals surface area (Å²) in [5.41, 5.74) is -0.583. The predicted octanol–water partition coefficient (Wildman–Crippen LogP) is 4.47. The molecule has 0 spiro atoms. The van der Waals surface area contributed by atoms with Gasteiger partial charge in [-0.25, -0.2) is 0 Å². The van der Waals surface area contributed by atoms with Crippen LogP contribution in [0.4, 0.5) is 0 Å². The van der Waals surface area contributed by atoms with Crippen molar-refractivity contribution in [1.82, 2.24) is 5.32 Å². The van der Waals surface area contributed by atoms with Crippen molar-refractivity contribution in [2.24, 2.45) is 5.92 Å². The van der Waals surface area contributed by atoms with Gasteiger partial charge in [-0.05, 0) is 25.7 Å². The molecule has 0 heterocycles. The van der Waals surface area contributed by atoms with E-state index in [1.807, 2.05) is 0 Å². The lowest BCUT2D eigenvalue weighted by molar-refractivity contribution is -0.127. The summed E-state index contributed by atoms with van der Waals surface area (Å²) in [5.74, 6) is 0.292. The van der Waals surface area contributed by atoms with Gasteiger partial charge in [0, 0.05) is 5.92 Å². The van der Waals surface area contributed by atoms with Crippen molar-refractivity contribution in [3.8, 4) is 6.07 Å². The van der Waals surface area contributed by atoms with Gasteiger partial charge in [0.05, 0.1) is 6.07 Å². The molecule has 2 fully saturated rings. The lowest BCUT2D eigenvalue weighted by Gasteiger charge is -2.32. The smallest absolute Gasteiger partial charge is 0.224 e. The normalized spacial score (nSPS) is 24.7. The Hall–Kier alpha value is -1.04. The number of hydrogen-bond acceptors (Lipinski definition) is 2. The lowest BCUT2D eigenvalue weighted by Crippen LogP contribution is -2.50. The van der Waals surface area contributed by atoms with Crippen molar-refractivity contribution in [3.63, 3.8) is 0 Å². The number of nitrogens with one attached hydrogen (secondary N) is 1. The van der Waals surface area contributed by atoms with Crippen LogP contribution in [0, 0.1) is 17.2 Å². The van der Waals surface area contributed by atoms with Gasteiger partial charge in [-0.2, -0.15) is 5.26 Å². The first kappa shape index (κ1) is 16.3. The molecule has 1 N–H and O–H groups in total. The topological polar surface area (TPSA) is 52.9 Å². The zero-order valence-electron chi connectivity index (χ0n) is 13.3. The van der Waals surface area contributed by atoms with Gasteiger partial charge in [-0.1, -0.05) is 64.2 Å². The third-order valence-corrected chi connectivity index (χ3v) is 5.26. The van der Waals surface area contributed by atoms with Crippen molar-refractivity contribution in [1.29, 1.82) is 5.26 Å². The van der Waals surface area contributed by atoms with Crippen molar-refractivity contribution in [2.75, 3.05) is 0 Å². The van der Waals surface area contributed by atoms with Crippen molar-refractivity contribution >= 4 is 5.91 Å². The van der Waals surface area contributed by atoms with Crippen LogP contribution in [-0.4, -0.2) is 11.4 Å². The van der Waals surface area contributed by atoms with E-state index in [0.717, 1.165) is 51.4 Å². The molecule has 2 aliphatic rings. The van der Waals surface area contributed by atoms with Crippen LogP contribution in [0.25, 0.3) is 0 Å². The van der Waals surface area contributed by atoms with Crippen LogP contribution in [0.2, 0.25) is 0 Å². The van der Waals surface area contributed by atoms with E-state index < -0.39 is 5.54 Å². The largest absolute Gasteiger partial charge is 0.338 e. The number of carbonyl (C=O) groups excluding carboxylic acids is 1. The first-order valence-corrected chi connectivity index (χ1v) is 8.99. The van der Waals surface area contributed by atoms with Gasteiger partial charge in [-0.15, -0.1) is 0 Å². The van der Waals surface area contributed by atoms with E-state index in [4.69, 9.17) is 0 Å². The van der Waals surface area contributed by atoms with Crippen molar-refractivity contribution in [2.45, 2.75) is 95.4 Å². The van der Waals surface area contributed by atoms with Crippen LogP contribution in [0.15, 0.2) is 0 Å². The third kappa shape index (κ3) is 5.02. The van der Waals surface area contributed by atoms with E-state index in [1.165, 1.54) is 38.5 Å². The summed E-state index contributed by atoms with van der Waals surface area (Å²) in [6.45, 7) is 0. The molecule has 21 heavy (non-hydrogen) atoms. The number of nitrogens with zero attached hydrogens (tertiary/aromatic N) is 1. The van der Waals surface area contributed by atoms with Gasteiger partial charge in [0.25, 0.3) is 0 Å². The highest BCUT2D eigenvalue weighted by Crippen LogP contribution is 2.28. The number of rotatable bonds is 2. The molecule has 0 aromatic rings. The van der Waals surface area contributed by atoms with Crippen LogP contribution in [0.3, 0.4) is 0 Å². The molecule has 0 aromatic carbocycles. The number of amides is 1. The van der Waals surface area contributed by atoms with Gasteiger partial charge in [0.2, 0.25) is 5.91 Å². The monoisotopic (exact) mass is 290 g/mol. The van der Waals surface area contributed by atoms with E-state index in [9.17, 15) is 10.1 Å². The highest BCUT2D eigenvalue weighted by molar-refractivity contribution is 5.79. The van der Waals surface area contributed by atoms with E-state index in [1.54, 1.807) is 0 Å². The van der Waals surface area contributed by atoms with Crippen LogP contribution in [0.5, 0.6) is 0 Å². The lowest BCUT2D eigenvalue weighted by atomic mass is 9.83. The Kier molecular flexibility index (Phi) is 6.54. The molecule has 0 saturated heterocycles. The minimum absolute atomic E-state index is 0.140. The summed E-state index contributed by atoms with van der Waals surface area (Å²) in [5, 5.41) is 12.8. The zero-order valence-corrected chi connectivity index (χ0v) is 13.3. The second-order valence-electron chi connectivity index (χ2n) is 6.99. The molecule has 118 valence electrons. The van der Waals surface area contributed by atoms with Crippen LogP contribution >= 0.6 is 0 Å². The minimum atomic E-state index is -0.583. The minimum Gasteiger partial charge on any atom is -0.338 e. The molecule has 2 saturated carbocycles. The molecule has 2 aliphatic carbocycles. The fraction of sp³-hybridized carbons (Fsp3) is 0.889. The molecule has 0 atom stereocenters. The number of hydrogen-bond donors (Lipinski definition) is 1. The Morgan fingerprint density at radius 1 is 0.857 bits per heavy atom. The van der Waals surface area contributed by atoms with Gasteiger partial charge >= 0.3 is 0 Å². The van der Waals surface area contributed by atoms with Gasteiger partial charge in [0.1, 0.15) is 5.54 Å². The fourth-order valence-electron chi connectivity index (χ4n) is 3.83. The van der Waals surface area contributed by atoms with Crippen molar-refractivity contribution in [3.05, 3.63) is 0 Å². The second kappa shape index (κ2) is 8.41. The van der Waals surface area contributed by atoms with Gasteiger partial charge < -0.3 is 5.32 Å². The molecule has 0 bridgehead atoms. The van der Waals surface area contributed by atoms with Crippen molar-refractivity contribution < 1.29 is 4.79 Å². The predicted molar refractivity (Wildman–Crippen MR) is 84.6 cm³/mol. The first-order chi connectivity index (χ1) is 10.3. The molecular weight excluding hydrogens is 260 g/mol. The summed E-state index contributed by atoms with van der Waals surface area (Å²) in [4.78, 5) is 12.6.